The van der Waals surface area contributed by atoms with Gasteiger partial charge in [0.2, 0.25) is 0 Å². The van der Waals surface area contributed by atoms with Crippen molar-refractivity contribution in [3.8, 4) is 0 Å². The zero-order valence-corrected chi connectivity index (χ0v) is 12.4. The van der Waals surface area contributed by atoms with Crippen LogP contribution in [-0.2, 0) is 9.53 Å². The summed E-state index contributed by atoms with van der Waals surface area (Å²) in [6.45, 7) is 0.823. The molecule has 1 saturated carbocycles. The number of carboxylic acids is 1. The first-order chi connectivity index (χ1) is 9.24. The normalized spacial score (nSPS) is 17.7. The number of methoxy groups -OCH3 is 1. The van der Waals surface area contributed by atoms with Crippen LogP contribution >= 0.6 is 0 Å². The highest BCUT2D eigenvalue weighted by atomic mass is 16.5. The Morgan fingerprint density at radius 1 is 1.16 bits per heavy atom. The molecule has 1 aliphatic rings. The van der Waals surface area contributed by atoms with Crippen molar-refractivity contribution in [3.63, 3.8) is 0 Å². The molecule has 0 radical (unpaired) electrons. The quantitative estimate of drug-likeness (QED) is 0.571. The maximum atomic E-state index is 11.3. The molecule has 112 valence electrons. The topological polar surface area (TPSA) is 46.5 Å². The molecule has 0 heterocycles. The van der Waals surface area contributed by atoms with Gasteiger partial charge in [-0.25, -0.2) is 0 Å². The van der Waals surface area contributed by atoms with Crippen molar-refractivity contribution < 1.29 is 14.6 Å². The van der Waals surface area contributed by atoms with E-state index in [-0.39, 0.29) is 5.92 Å². The van der Waals surface area contributed by atoms with Crippen molar-refractivity contribution >= 4 is 5.97 Å². The molecule has 3 nitrogen and oxygen atoms in total. The van der Waals surface area contributed by atoms with E-state index in [2.05, 4.69) is 0 Å². The first-order valence-electron chi connectivity index (χ1n) is 7.95. The second-order valence-electron chi connectivity index (χ2n) is 5.96. The fraction of sp³-hybridized carbons (Fsp3) is 0.938. The van der Waals surface area contributed by atoms with Gasteiger partial charge >= 0.3 is 5.97 Å². The Morgan fingerprint density at radius 3 is 2.47 bits per heavy atom. The van der Waals surface area contributed by atoms with Crippen LogP contribution in [0.5, 0.6) is 0 Å². The molecule has 1 N–H and O–H groups in total. The largest absolute Gasteiger partial charge is 0.481 e. The van der Waals surface area contributed by atoms with E-state index in [4.69, 9.17) is 4.74 Å². The van der Waals surface area contributed by atoms with E-state index in [1.807, 2.05) is 0 Å². The third-order valence-electron chi connectivity index (χ3n) is 4.40. The maximum absolute atomic E-state index is 11.3. The van der Waals surface area contributed by atoms with E-state index in [0.29, 0.717) is 0 Å². The smallest absolute Gasteiger partial charge is 0.306 e. The lowest BCUT2D eigenvalue weighted by molar-refractivity contribution is -0.142. The fourth-order valence-electron chi connectivity index (χ4n) is 3.12. The van der Waals surface area contributed by atoms with Crippen molar-refractivity contribution in [2.24, 2.45) is 11.8 Å². The lowest BCUT2D eigenvalue weighted by Crippen LogP contribution is -2.15. The van der Waals surface area contributed by atoms with Crippen molar-refractivity contribution in [1.82, 2.24) is 0 Å². The molecule has 3 heteroatoms. The molecule has 0 spiro atoms. The molecule has 0 bridgehead atoms. The average Bonchev–Trinajstić information content (AvgIpc) is 2.89. The van der Waals surface area contributed by atoms with Crippen LogP contribution in [0.4, 0.5) is 0 Å². The molecule has 0 aromatic heterocycles. The van der Waals surface area contributed by atoms with E-state index >= 15 is 0 Å². The van der Waals surface area contributed by atoms with Gasteiger partial charge in [0.05, 0.1) is 5.92 Å². The van der Waals surface area contributed by atoms with Gasteiger partial charge in [0.1, 0.15) is 0 Å². The molecule has 19 heavy (non-hydrogen) atoms. The lowest BCUT2D eigenvalue weighted by atomic mass is 9.91. The van der Waals surface area contributed by atoms with Crippen LogP contribution in [0, 0.1) is 11.8 Å². The SMILES string of the molecule is COCCCCCCC(CCC1CCCC1)C(=O)O. The summed E-state index contributed by atoms with van der Waals surface area (Å²) in [5, 5.41) is 9.27. The van der Waals surface area contributed by atoms with E-state index in [9.17, 15) is 9.90 Å². The minimum absolute atomic E-state index is 0.108. The number of hydrogen-bond acceptors (Lipinski definition) is 2. The molecule has 0 saturated heterocycles. The monoisotopic (exact) mass is 270 g/mol. The van der Waals surface area contributed by atoms with Crippen LogP contribution in [0.2, 0.25) is 0 Å². The molecule has 1 fully saturated rings. The van der Waals surface area contributed by atoms with Gasteiger partial charge in [0, 0.05) is 13.7 Å². The van der Waals surface area contributed by atoms with Gasteiger partial charge in [0.25, 0.3) is 0 Å². The van der Waals surface area contributed by atoms with Gasteiger partial charge in [-0.15, -0.1) is 0 Å². The van der Waals surface area contributed by atoms with Crippen LogP contribution in [0.3, 0.4) is 0 Å². The Hall–Kier alpha value is -0.570. The molecule has 1 aliphatic carbocycles. The predicted molar refractivity (Wildman–Crippen MR) is 77.3 cm³/mol. The lowest BCUT2D eigenvalue weighted by Gasteiger charge is -2.15. The van der Waals surface area contributed by atoms with Gasteiger partial charge < -0.3 is 9.84 Å². The van der Waals surface area contributed by atoms with Gasteiger partial charge in [0.15, 0.2) is 0 Å². The summed E-state index contributed by atoms with van der Waals surface area (Å²) in [7, 11) is 1.73. The standard InChI is InChI=1S/C16H30O3/c1-19-13-7-3-2-4-10-15(16(17)18)12-11-14-8-5-6-9-14/h14-15H,2-13H2,1H3,(H,17,18). The van der Waals surface area contributed by atoms with Crippen molar-refractivity contribution in [1.29, 1.82) is 0 Å². The minimum Gasteiger partial charge on any atom is -0.481 e. The van der Waals surface area contributed by atoms with Gasteiger partial charge in [-0.05, 0) is 31.6 Å². The van der Waals surface area contributed by atoms with Crippen LogP contribution in [-0.4, -0.2) is 24.8 Å². The second-order valence-corrected chi connectivity index (χ2v) is 5.96. The predicted octanol–water partition coefficient (Wildman–Crippen LogP) is 4.25. The Balaban J connectivity index is 2.08. The number of unbranched alkanes of at least 4 members (excludes halogenated alkanes) is 3. The number of rotatable bonds is 11. The number of carbonyl (C=O) groups is 1. The molecule has 0 aromatic rings. The molecule has 1 atom stereocenters. The molecular formula is C16H30O3. The molecule has 1 rings (SSSR count). The second kappa shape index (κ2) is 10.2. The summed E-state index contributed by atoms with van der Waals surface area (Å²) in [5.41, 5.74) is 0. The molecule has 1 unspecified atom stereocenters. The zero-order chi connectivity index (χ0) is 13.9. The first kappa shape index (κ1) is 16.5. The highest BCUT2D eigenvalue weighted by molar-refractivity contribution is 5.69. The number of hydrogen-bond donors (Lipinski definition) is 1. The van der Waals surface area contributed by atoms with E-state index in [1.165, 1.54) is 25.7 Å². The molecule has 0 amide bonds. The van der Waals surface area contributed by atoms with Crippen LogP contribution in [0.25, 0.3) is 0 Å². The minimum atomic E-state index is -0.588. The Morgan fingerprint density at radius 2 is 1.84 bits per heavy atom. The van der Waals surface area contributed by atoms with Gasteiger partial charge in [-0.3, -0.25) is 4.79 Å². The molecule has 0 aliphatic heterocycles. The third-order valence-corrected chi connectivity index (χ3v) is 4.40. The molecule has 0 aromatic carbocycles. The number of ether oxygens (including phenoxy) is 1. The van der Waals surface area contributed by atoms with E-state index < -0.39 is 5.97 Å². The van der Waals surface area contributed by atoms with E-state index in [0.717, 1.165) is 57.5 Å². The van der Waals surface area contributed by atoms with Crippen LogP contribution in [0.1, 0.15) is 70.6 Å². The highest BCUT2D eigenvalue weighted by Gasteiger charge is 2.21. The van der Waals surface area contributed by atoms with Crippen molar-refractivity contribution in [2.45, 2.75) is 70.6 Å². The number of carboxylic acid groups (broad SMARTS) is 1. The van der Waals surface area contributed by atoms with Crippen LogP contribution in [0.15, 0.2) is 0 Å². The summed E-state index contributed by atoms with van der Waals surface area (Å²) in [6, 6.07) is 0. The van der Waals surface area contributed by atoms with Crippen molar-refractivity contribution in [3.05, 3.63) is 0 Å². The summed E-state index contributed by atoms with van der Waals surface area (Å²) in [5.74, 6) is 0.112. The van der Waals surface area contributed by atoms with Gasteiger partial charge in [-0.1, -0.05) is 44.9 Å². The zero-order valence-electron chi connectivity index (χ0n) is 12.4. The Kier molecular flexibility index (Phi) is 8.89. The van der Waals surface area contributed by atoms with Crippen LogP contribution < -0.4 is 0 Å². The van der Waals surface area contributed by atoms with Gasteiger partial charge in [-0.2, -0.15) is 0 Å². The Labute approximate surface area is 117 Å². The number of aliphatic carboxylic acids is 1. The summed E-state index contributed by atoms with van der Waals surface area (Å²) < 4.78 is 5.01. The fourth-order valence-corrected chi connectivity index (χ4v) is 3.12. The highest BCUT2D eigenvalue weighted by Crippen LogP contribution is 2.30. The maximum Gasteiger partial charge on any atom is 0.306 e. The first-order valence-corrected chi connectivity index (χ1v) is 7.95. The summed E-state index contributed by atoms with van der Waals surface area (Å²) >= 11 is 0. The molecular weight excluding hydrogens is 240 g/mol. The third kappa shape index (κ3) is 7.56. The average molecular weight is 270 g/mol. The summed E-state index contributed by atoms with van der Waals surface area (Å²) in [4.78, 5) is 11.3. The summed E-state index contributed by atoms with van der Waals surface area (Å²) in [6.07, 6.45) is 12.6. The van der Waals surface area contributed by atoms with E-state index in [1.54, 1.807) is 7.11 Å². The Bertz CT molecular complexity index is 234. The van der Waals surface area contributed by atoms with Crippen molar-refractivity contribution in [2.75, 3.05) is 13.7 Å².